The Balaban J connectivity index is 1.09. The zero-order valence-corrected chi connectivity index (χ0v) is 23.2. The van der Waals surface area contributed by atoms with Gasteiger partial charge in [0.05, 0.1) is 30.5 Å². The maximum atomic E-state index is 12.9. The van der Waals surface area contributed by atoms with Gasteiger partial charge in [0.25, 0.3) is 5.91 Å². The van der Waals surface area contributed by atoms with E-state index in [0.717, 1.165) is 55.1 Å². The molecule has 0 spiro atoms. The molecule has 6 rings (SSSR count). The molecule has 13 nitrogen and oxygen atoms in total. The van der Waals surface area contributed by atoms with Crippen LogP contribution in [0.15, 0.2) is 59.5 Å². The summed E-state index contributed by atoms with van der Waals surface area (Å²) in [7, 11) is 0. The number of nitrogens with one attached hydrogen (secondary N) is 1. The fraction of sp³-hybridized carbons (Fsp3) is 0.310. The number of amides is 1. The average Bonchev–Trinajstić information content (AvgIpc) is 3.60. The highest BCUT2D eigenvalue weighted by atomic mass is 16.6. The number of hydrogen-bond donors (Lipinski definition) is 2. The van der Waals surface area contributed by atoms with Gasteiger partial charge in [0.1, 0.15) is 12.1 Å². The highest BCUT2D eigenvalue weighted by Crippen LogP contribution is 2.27. The van der Waals surface area contributed by atoms with Gasteiger partial charge >= 0.3 is 0 Å². The van der Waals surface area contributed by atoms with Crippen LogP contribution < -0.4 is 15.8 Å². The summed E-state index contributed by atoms with van der Waals surface area (Å²) in [5.41, 5.74) is 10.9. The fourth-order valence-corrected chi connectivity index (χ4v) is 4.89. The van der Waals surface area contributed by atoms with Crippen molar-refractivity contribution in [3.8, 4) is 17.4 Å². The molecule has 1 aromatic carbocycles. The lowest BCUT2D eigenvalue weighted by atomic mass is 10.1. The van der Waals surface area contributed by atoms with Gasteiger partial charge in [0.15, 0.2) is 17.3 Å². The molecule has 0 atom stereocenters. The predicted molar refractivity (Wildman–Crippen MR) is 155 cm³/mol. The van der Waals surface area contributed by atoms with Crippen LogP contribution in [0.2, 0.25) is 0 Å². The van der Waals surface area contributed by atoms with Gasteiger partial charge in [-0.2, -0.15) is 0 Å². The number of aryl methyl sites for hydroxylation is 1. The number of hydrogen-bond acceptors (Lipinski definition) is 11. The lowest BCUT2D eigenvalue weighted by molar-refractivity contribution is 0.0320. The number of imidazole rings is 1. The van der Waals surface area contributed by atoms with Crippen molar-refractivity contribution in [1.29, 1.82) is 0 Å². The first-order valence-electron chi connectivity index (χ1n) is 13.8. The second-order valence-electron chi connectivity index (χ2n) is 9.86. The quantitative estimate of drug-likeness (QED) is 0.254. The number of carbonyl (C=O) groups is 1. The van der Waals surface area contributed by atoms with E-state index in [1.54, 1.807) is 18.3 Å². The number of rotatable bonds is 10. The lowest BCUT2D eigenvalue weighted by Gasteiger charge is -2.26. The molecule has 1 amide bonds. The molecule has 1 fully saturated rings. The molecule has 13 heteroatoms. The summed E-state index contributed by atoms with van der Waals surface area (Å²) in [6.07, 6.45) is 3.82. The van der Waals surface area contributed by atoms with Crippen molar-refractivity contribution in [2.45, 2.75) is 19.9 Å². The van der Waals surface area contributed by atoms with Crippen LogP contribution in [0.25, 0.3) is 22.6 Å². The van der Waals surface area contributed by atoms with E-state index >= 15 is 0 Å². The second kappa shape index (κ2) is 12.3. The number of fused-ring (bicyclic) bond motifs is 1. The van der Waals surface area contributed by atoms with Crippen LogP contribution in [0.5, 0.6) is 5.88 Å². The molecule has 42 heavy (non-hydrogen) atoms. The van der Waals surface area contributed by atoms with Crippen LogP contribution in [0, 0.1) is 0 Å². The SMILES string of the molecule is CCn1c(-c2nonc2N)nc2cnc(Cc3cccc(NC(=O)c4ccc(OCCN5CCOCC5)nc4)c3)cc21. The van der Waals surface area contributed by atoms with E-state index in [1.807, 2.05) is 41.8 Å². The van der Waals surface area contributed by atoms with Crippen LogP contribution in [0.3, 0.4) is 0 Å². The predicted octanol–water partition coefficient (Wildman–Crippen LogP) is 3.03. The van der Waals surface area contributed by atoms with E-state index in [9.17, 15) is 4.79 Å². The van der Waals surface area contributed by atoms with E-state index in [4.69, 9.17) is 19.8 Å². The van der Waals surface area contributed by atoms with E-state index in [2.05, 4.69) is 35.5 Å². The summed E-state index contributed by atoms with van der Waals surface area (Å²) < 4.78 is 17.9. The summed E-state index contributed by atoms with van der Waals surface area (Å²) >= 11 is 0. The molecule has 0 radical (unpaired) electrons. The molecular weight excluding hydrogens is 538 g/mol. The smallest absolute Gasteiger partial charge is 0.257 e. The largest absolute Gasteiger partial charge is 0.476 e. The van der Waals surface area contributed by atoms with Crippen LogP contribution in [-0.2, 0) is 17.7 Å². The molecule has 0 bridgehead atoms. The van der Waals surface area contributed by atoms with Crippen LogP contribution in [0.1, 0.15) is 28.5 Å². The summed E-state index contributed by atoms with van der Waals surface area (Å²) in [6.45, 7) is 7.34. The molecule has 216 valence electrons. The minimum Gasteiger partial charge on any atom is -0.476 e. The van der Waals surface area contributed by atoms with Crippen LogP contribution in [-0.4, -0.2) is 80.1 Å². The lowest BCUT2D eigenvalue weighted by Crippen LogP contribution is -2.38. The fourth-order valence-electron chi connectivity index (χ4n) is 4.89. The summed E-state index contributed by atoms with van der Waals surface area (Å²) in [4.78, 5) is 28.7. The highest BCUT2D eigenvalue weighted by Gasteiger charge is 2.19. The third-order valence-electron chi connectivity index (χ3n) is 7.06. The van der Waals surface area contributed by atoms with Crippen molar-refractivity contribution in [2.75, 3.05) is 50.5 Å². The molecule has 3 N–H and O–H groups in total. The zero-order valence-electron chi connectivity index (χ0n) is 23.2. The standard InChI is InChI=1S/C29H31N9O4/c1-2-38-24-16-22(31-18-23(24)34-28(38)26-27(30)36-42-35-26)15-19-4-3-5-21(14-19)33-29(39)20-6-7-25(32-17-20)41-13-10-37-8-11-40-12-9-37/h3-7,14,16-18H,2,8-13,15H2,1H3,(H2,30,36)(H,33,39). The van der Waals surface area contributed by atoms with E-state index in [-0.39, 0.29) is 11.7 Å². The van der Waals surface area contributed by atoms with Gasteiger partial charge in [0, 0.05) is 56.2 Å². The maximum Gasteiger partial charge on any atom is 0.257 e. The Bertz CT molecular complexity index is 1680. The second-order valence-corrected chi connectivity index (χ2v) is 9.86. The minimum atomic E-state index is -0.250. The highest BCUT2D eigenvalue weighted by molar-refractivity contribution is 6.04. The number of nitrogens with two attached hydrogens (primary N) is 1. The van der Waals surface area contributed by atoms with Gasteiger partial charge in [0.2, 0.25) is 5.88 Å². The summed E-state index contributed by atoms with van der Waals surface area (Å²) in [5, 5.41) is 10.5. The number of nitrogen functional groups attached to an aromatic ring is 1. The van der Waals surface area contributed by atoms with Crippen molar-refractivity contribution >= 4 is 28.4 Å². The molecule has 1 saturated heterocycles. The minimum absolute atomic E-state index is 0.187. The van der Waals surface area contributed by atoms with Gasteiger partial charge in [-0.1, -0.05) is 12.1 Å². The number of morpholine rings is 1. The number of nitrogens with zero attached hydrogens (tertiary/aromatic N) is 7. The van der Waals surface area contributed by atoms with Crippen molar-refractivity contribution in [1.82, 2.24) is 34.7 Å². The van der Waals surface area contributed by atoms with E-state index in [0.29, 0.717) is 48.2 Å². The number of ether oxygens (including phenoxy) is 2. The number of anilines is 2. The van der Waals surface area contributed by atoms with E-state index in [1.165, 1.54) is 6.20 Å². The van der Waals surface area contributed by atoms with Crippen molar-refractivity contribution in [3.63, 3.8) is 0 Å². The van der Waals surface area contributed by atoms with E-state index < -0.39 is 0 Å². The number of benzene rings is 1. The molecule has 0 saturated carbocycles. The number of carbonyl (C=O) groups excluding carboxylic acids is 1. The molecule has 0 aliphatic carbocycles. The normalized spacial score (nSPS) is 13.8. The summed E-state index contributed by atoms with van der Waals surface area (Å²) in [5.74, 6) is 1.01. The van der Waals surface area contributed by atoms with Gasteiger partial charge in [-0.05, 0) is 47.1 Å². The Hall–Kier alpha value is -4.88. The van der Waals surface area contributed by atoms with Crippen LogP contribution in [0.4, 0.5) is 11.5 Å². The average molecular weight is 570 g/mol. The van der Waals surface area contributed by atoms with Crippen molar-refractivity contribution < 1.29 is 18.9 Å². The first-order valence-corrected chi connectivity index (χ1v) is 13.8. The maximum absolute atomic E-state index is 12.9. The van der Waals surface area contributed by atoms with Gasteiger partial charge in [-0.15, -0.1) is 0 Å². The molecule has 5 aromatic rings. The Morgan fingerprint density at radius 2 is 1.98 bits per heavy atom. The monoisotopic (exact) mass is 569 g/mol. The van der Waals surface area contributed by atoms with Crippen LogP contribution >= 0.6 is 0 Å². The van der Waals surface area contributed by atoms with Crippen molar-refractivity contribution in [2.24, 2.45) is 0 Å². The third-order valence-corrected chi connectivity index (χ3v) is 7.06. The molecule has 1 aliphatic heterocycles. The zero-order chi connectivity index (χ0) is 28.9. The Morgan fingerprint density at radius 1 is 1.10 bits per heavy atom. The first kappa shape index (κ1) is 27.3. The first-order chi connectivity index (χ1) is 20.6. The number of aromatic nitrogens is 6. The topological polar surface area (TPSA) is 159 Å². The number of pyridine rings is 2. The molecule has 0 unspecified atom stereocenters. The Labute approximate surface area is 241 Å². The summed E-state index contributed by atoms with van der Waals surface area (Å²) in [6, 6.07) is 13.1. The molecule has 5 heterocycles. The van der Waals surface area contributed by atoms with Crippen molar-refractivity contribution in [3.05, 3.63) is 71.7 Å². The Morgan fingerprint density at radius 3 is 2.74 bits per heavy atom. The Kier molecular flexibility index (Phi) is 8.01. The van der Waals surface area contributed by atoms with Gasteiger partial charge < -0.3 is 25.1 Å². The third kappa shape index (κ3) is 6.06. The molecular formula is C29H31N9O4. The van der Waals surface area contributed by atoms with Gasteiger partial charge in [-0.25, -0.2) is 14.6 Å². The molecule has 1 aliphatic rings. The van der Waals surface area contributed by atoms with Gasteiger partial charge in [-0.3, -0.25) is 14.7 Å². The molecule has 4 aromatic heterocycles.